The smallest absolute Gasteiger partial charge is 0.254 e. The van der Waals surface area contributed by atoms with Crippen molar-refractivity contribution in [3.63, 3.8) is 0 Å². The molecule has 0 unspecified atom stereocenters. The van der Waals surface area contributed by atoms with Crippen LogP contribution in [0.2, 0.25) is 10.0 Å². The normalized spacial score (nSPS) is 14.6. The summed E-state index contributed by atoms with van der Waals surface area (Å²) < 4.78 is 0. The number of carbonyl (C=O) groups excluding carboxylic acids is 1. The first kappa shape index (κ1) is 18.3. The highest BCUT2D eigenvalue weighted by Gasteiger charge is 2.25. The first-order valence-electron chi connectivity index (χ1n) is 9.20. The van der Waals surface area contributed by atoms with E-state index in [2.05, 4.69) is 0 Å². The molecular weight excluding hydrogens is 379 g/mol. The monoisotopic (exact) mass is 398 g/mol. The maximum atomic E-state index is 13.4. The van der Waals surface area contributed by atoms with Crippen LogP contribution < -0.4 is 0 Å². The summed E-state index contributed by atoms with van der Waals surface area (Å²) in [6.45, 7) is 3.58. The van der Waals surface area contributed by atoms with Crippen LogP contribution >= 0.6 is 23.2 Å². The van der Waals surface area contributed by atoms with Crippen LogP contribution in [-0.2, 0) is 0 Å². The molecule has 2 heterocycles. The Bertz CT molecular complexity index is 1030. The van der Waals surface area contributed by atoms with Crippen molar-refractivity contribution in [2.45, 2.75) is 26.2 Å². The van der Waals surface area contributed by atoms with Crippen molar-refractivity contribution in [3.05, 3.63) is 63.6 Å². The Balaban J connectivity index is 1.94. The zero-order chi connectivity index (χ0) is 19.0. The number of piperidine rings is 1. The molecular formula is C22H20Cl2N2O. The fourth-order valence-corrected chi connectivity index (χ4v) is 4.28. The van der Waals surface area contributed by atoms with E-state index in [0.717, 1.165) is 59.2 Å². The lowest BCUT2D eigenvalue weighted by Crippen LogP contribution is -2.36. The van der Waals surface area contributed by atoms with Crippen LogP contribution in [0.3, 0.4) is 0 Å². The third kappa shape index (κ3) is 3.42. The summed E-state index contributed by atoms with van der Waals surface area (Å²) >= 11 is 12.5. The van der Waals surface area contributed by atoms with E-state index < -0.39 is 0 Å². The maximum Gasteiger partial charge on any atom is 0.254 e. The number of fused-ring (bicyclic) bond motifs is 1. The highest BCUT2D eigenvalue weighted by molar-refractivity contribution is 6.36. The molecule has 1 aliphatic heterocycles. The van der Waals surface area contributed by atoms with Crippen LogP contribution in [0.25, 0.3) is 22.2 Å². The number of aromatic nitrogens is 1. The van der Waals surface area contributed by atoms with Gasteiger partial charge >= 0.3 is 0 Å². The molecule has 1 aliphatic rings. The van der Waals surface area contributed by atoms with Gasteiger partial charge in [0.05, 0.1) is 21.8 Å². The second kappa shape index (κ2) is 7.49. The lowest BCUT2D eigenvalue weighted by molar-refractivity contribution is 0.0725. The van der Waals surface area contributed by atoms with Crippen LogP contribution in [0, 0.1) is 6.92 Å². The van der Waals surface area contributed by atoms with Crippen LogP contribution in [-0.4, -0.2) is 28.9 Å². The van der Waals surface area contributed by atoms with E-state index in [1.807, 2.05) is 42.2 Å². The number of nitrogens with zero attached hydrogens (tertiary/aromatic N) is 2. The summed E-state index contributed by atoms with van der Waals surface area (Å²) in [5.41, 5.74) is 3.90. The molecule has 1 fully saturated rings. The Morgan fingerprint density at radius 2 is 1.78 bits per heavy atom. The van der Waals surface area contributed by atoms with Gasteiger partial charge in [0, 0.05) is 29.1 Å². The Morgan fingerprint density at radius 1 is 1.04 bits per heavy atom. The molecule has 27 heavy (non-hydrogen) atoms. The fourth-order valence-electron chi connectivity index (χ4n) is 3.78. The molecule has 0 radical (unpaired) electrons. The van der Waals surface area contributed by atoms with Crippen molar-refractivity contribution >= 4 is 40.0 Å². The van der Waals surface area contributed by atoms with Gasteiger partial charge in [-0.05, 0) is 56.0 Å². The molecule has 5 heteroatoms. The zero-order valence-corrected chi connectivity index (χ0v) is 16.6. The SMILES string of the molecule is Cc1c(-c2ccc(Cl)cc2Cl)nc2ccccc2c1C(=O)N1CCCCC1. The van der Waals surface area contributed by atoms with Gasteiger partial charge in [0.1, 0.15) is 0 Å². The predicted octanol–water partition coefficient (Wildman–Crippen LogP) is 6.14. The van der Waals surface area contributed by atoms with Gasteiger partial charge in [-0.2, -0.15) is 0 Å². The third-order valence-corrected chi connectivity index (χ3v) is 5.73. The van der Waals surface area contributed by atoms with Gasteiger partial charge < -0.3 is 4.90 Å². The molecule has 138 valence electrons. The van der Waals surface area contributed by atoms with Crippen molar-refractivity contribution in [2.24, 2.45) is 0 Å². The predicted molar refractivity (Wildman–Crippen MR) is 112 cm³/mol. The Morgan fingerprint density at radius 3 is 2.52 bits per heavy atom. The van der Waals surface area contributed by atoms with E-state index in [1.165, 1.54) is 6.42 Å². The van der Waals surface area contributed by atoms with Crippen molar-refractivity contribution in [3.8, 4) is 11.3 Å². The molecule has 1 saturated heterocycles. The lowest BCUT2D eigenvalue weighted by atomic mass is 9.96. The molecule has 1 amide bonds. The molecule has 1 aromatic heterocycles. The fraction of sp³-hybridized carbons (Fsp3) is 0.273. The number of likely N-dealkylation sites (tertiary alicyclic amines) is 1. The number of hydrogen-bond donors (Lipinski definition) is 0. The van der Waals surface area contributed by atoms with E-state index >= 15 is 0 Å². The van der Waals surface area contributed by atoms with Gasteiger partial charge in [-0.1, -0.05) is 41.4 Å². The quantitative estimate of drug-likeness (QED) is 0.518. The van der Waals surface area contributed by atoms with Gasteiger partial charge in [-0.3, -0.25) is 4.79 Å². The summed E-state index contributed by atoms with van der Waals surface area (Å²) in [5.74, 6) is 0.0807. The van der Waals surface area contributed by atoms with E-state index in [9.17, 15) is 4.79 Å². The lowest BCUT2D eigenvalue weighted by Gasteiger charge is -2.28. The number of amides is 1. The zero-order valence-electron chi connectivity index (χ0n) is 15.1. The van der Waals surface area contributed by atoms with Crippen molar-refractivity contribution in [1.82, 2.24) is 9.88 Å². The molecule has 4 rings (SSSR count). The van der Waals surface area contributed by atoms with Crippen LogP contribution in [0.15, 0.2) is 42.5 Å². The van der Waals surface area contributed by atoms with Crippen molar-refractivity contribution in [1.29, 1.82) is 0 Å². The number of hydrogen-bond acceptors (Lipinski definition) is 2. The Kier molecular flexibility index (Phi) is 5.07. The standard InChI is InChI=1S/C22H20Cl2N2O/c1-14-20(22(27)26-11-5-2-6-12-26)17-7-3-4-8-19(17)25-21(14)16-10-9-15(23)13-18(16)24/h3-4,7-10,13H,2,5-6,11-12H2,1H3. The molecule has 0 atom stereocenters. The Hall–Kier alpha value is -2.10. The minimum absolute atomic E-state index is 0.0807. The van der Waals surface area contributed by atoms with Crippen LogP contribution in [0.4, 0.5) is 0 Å². The topological polar surface area (TPSA) is 33.2 Å². The van der Waals surface area contributed by atoms with Crippen molar-refractivity contribution < 1.29 is 4.79 Å². The summed E-state index contributed by atoms with van der Waals surface area (Å²) in [7, 11) is 0. The second-order valence-electron chi connectivity index (χ2n) is 6.95. The van der Waals surface area contributed by atoms with Gasteiger partial charge in [-0.15, -0.1) is 0 Å². The van der Waals surface area contributed by atoms with E-state index in [0.29, 0.717) is 10.0 Å². The average molecular weight is 399 g/mol. The molecule has 2 aromatic carbocycles. The van der Waals surface area contributed by atoms with Gasteiger partial charge in [0.2, 0.25) is 0 Å². The summed E-state index contributed by atoms with van der Waals surface area (Å²) in [6, 6.07) is 13.2. The molecule has 0 N–H and O–H groups in total. The molecule has 0 aliphatic carbocycles. The van der Waals surface area contributed by atoms with Gasteiger partial charge in [-0.25, -0.2) is 4.98 Å². The number of benzene rings is 2. The average Bonchev–Trinajstić information content (AvgIpc) is 2.68. The highest BCUT2D eigenvalue weighted by atomic mass is 35.5. The number of pyridine rings is 1. The van der Waals surface area contributed by atoms with E-state index in [4.69, 9.17) is 28.2 Å². The molecule has 3 nitrogen and oxygen atoms in total. The molecule has 0 saturated carbocycles. The number of carbonyl (C=O) groups is 1. The molecule has 0 spiro atoms. The van der Waals surface area contributed by atoms with Crippen LogP contribution in [0.5, 0.6) is 0 Å². The maximum absolute atomic E-state index is 13.4. The number of rotatable bonds is 2. The summed E-state index contributed by atoms with van der Waals surface area (Å²) in [5, 5.41) is 2.00. The minimum atomic E-state index is 0.0807. The van der Waals surface area contributed by atoms with Gasteiger partial charge in [0.25, 0.3) is 5.91 Å². The van der Waals surface area contributed by atoms with Crippen LogP contribution in [0.1, 0.15) is 35.2 Å². The summed E-state index contributed by atoms with van der Waals surface area (Å²) in [4.78, 5) is 20.2. The largest absolute Gasteiger partial charge is 0.339 e. The number of para-hydroxylation sites is 1. The second-order valence-corrected chi connectivity index (χ2v) is 7.80. The molecule has 0 bridgehead atoms. The molecule has 3 aromatic rings. The van der Waals surface area contributed by atoms with Gasteiger partial charge in [0.15, 0.2) is 0 Å². The van der Waals surface area contributed by atoms with E-state index in [1.54, 1.807) is 12.1 Å². The minimum Gasteiger partial charge on any atom is -0.339 e. The first-order chi connectivity index (χ1) is 13.1. The summed E-state index contributed by atoms with van der Waals surface area (Å²) in [6.07, 6.45) is 3.30. The highest BCUT2D eigenvalue weighted by Crippen LogP contribution is 2.35. The Labute approximate surface area is 168 Å². The third-order valence-electron chi connectivity index (χ3n) is 5.18. The van der Waals surface area contributed by atoms with Crippen molar-refractivity contribution in [2.75, 3.05) is 13.1 Å². The van der Waals surface area contributed by atoms with E-state index in [-0.39, 0.29) is 5.91 Å². The number of halogens is 2. The first-order valence-corrected chi connectivity index (χ1v) is 9.96.